The number of nitrogens with zero attached hydrogens (tertiary/aromatic N) is 2. The third-order valence-electron chi connectivity index (χ3n) is 8.11. The van der Waals surface area contributed by atoms with Gasteiger partial charge in [-0.2, -0.15) is 0 Å². The summed E-state index contributed by atoms with van der Waals surface area (Å²) in [6.07, 6.45) is 3.65. The van der Waals surface area contributed by atoms with Crippen LogP contribution in [0, 0.1) is 0 Å². The van der Waals surface area contributed by atoms with Crippen LogP contribution >= 0.6 is 11.3 Å². The Morgan fingerprint density at radius 3 is 2.52 bits per heavy atom. The zero-order chi connectivity index (χ0) is 30.0. The highest BCUT2D eigenvalue weighted by molar-refractivity contribution is 7.07. The minimum absolute atomic E-state index is 0.0718. The van der Waals surface area contributed by atoms with E-state index in [-0.39, 0.29) is 11.6 Å². The summed E-state index contributed by atoms with van der Waals surface area (Å²) in [5.41, 5.74) is 7.36. The van der Waals surface area contributed by atoms with E-state index in [0.29, 0.717) is 34.0 Å². The first-order valence-corrected chi connectivity index (χ1v) is 15.7. The molecule has 0 saturated carbocycles. The van der Waals surface area contributed by atoms with Crippen LogP contribution in [0.2, 0.25) is 0 Å². The fourth-order valence-corrected chi connectivity index (χ4v) is 7.08. The lowest BCUT2D eigenvalue weighted by molar-refractivity contribution is 0.269. The van der Waals surface area contributed by atoms with Crippen molar-refractivity contribution in [2.24, 2.45) is 4.99 Å². The molecule has 0 fully saturated rings. The number of hydrogen-bond acceptors (Lipinski definition) is 6. The molecule has 0 unspecified atom stereocenters. The molecule has 220 valence electrons. The highest BCUT2D eigenvalue weighted by Crippen LogP contribution is 2.43. The summed E-state index contributed by atoms with van der Waals surface area (Å²) in [7, 11) is 1.68. The lowest BCUT2D eigenvalue weighted by Crippen LogP contribution is -2.39. The van der Waals surface area contributed by atoms with Crippen LogP contribution in [0.3, 0.4) is 0 Å². The summed E-state index contributed by atoms with van der Waals surface area (Å²) in [4.78, 5) is 20.0. The summed E-state index contributed by atoms with van der Waals surface area (Å²) >= 11 is 1.41. The number of fused-ring (bicyclic) bond motifs is 3. The van der Waals surface area contributed by atoms with Gasteiger partial charge in [-0.15, -0.1) is 0 Å². The molecular formula is C37H32N2O4S. The van der Waals surface area contributed by atoms with E-state index in [1.807, 2.05) is 84.3 Å². The first-order chi connectivity index (χ1) is 21.6. The van der Waals surface area contributed by atoms with Crippen LogP contribution in [0.1, 0.15) is 47.2 Å². The Morgan fingerprint density at radius 1 is 0.886 bits per heavy atom. The molecule has 0 N–H and O–H groups in total. The number of aryl methyl sites for hydroxylation is 1. The molecule has 0 radical (unpaired) electrons. The number of hydrogen-bond donors (Lipinski definition) is 0. The quantitative estimate of drug-likeness (QED) is 0.210. The van der Waals surface area contributed by atoms with Crippen molar-refractivity contribution in [1.82, 2.24) is 4.57 Å². The van der Waals surface area contributed by atoms with Crippen molar-refractivity contribution in [2.45, 2.75) is 32.4 Å². The van der Waals surface area contributed by atoms with Gasteiger partial charge in [0.1, 0.15) is 12.4 Å². The van der Waals surface area contributed by atoms with Crippen molar-refractivity contribution >= 4 is 23.1 Å². The molecule has 1 aliphatic heterocycles. The van der Waals surface area contributed by atoms with Crippen LogP contribution in [0.15, 0.2) is 112 Å². The van der Waals surface area contributed by atoms with E-state index in [4.69, 9.17) is 19.2 Å². The second kappa shape index (κ2) is 12.0. The topological polar surface area (TPSA) is 62.0 Å². The van der Waals surface area contributed by atoms with Gasteiger partial charge in [-0.05, 0) is 66.3 Å². The number of ether oxygens (including phenoxy) is 3. The Balaban J connectivity index is 1.34. The monoisotopic (exact) mass is 600 g/mol. The Kier molecular flexibility index (Phi) is 7.62. The van der Waals surface area contributed by atoms with Crippen LogP contribution in [0.4, 0.5) is 0 Å². The minimum Gasteiger partial charge on any atom is -0.496 e. The SMILES string of the molecule is CCOc1cc(/C=c2/sc3n(c2=O)[C@H](c2ccccc2OC)C2=C(N=3)c3ccccc3CC2)ccc1OCc1ccccc1. The van der Waals surface area contributed by atoms with Crippen molar-refractivity contribution in [2.75, 3.05) is 13.7 Å². The first kappa shape index (κ1) is 27.9. The molecule has 6 nitrogen and oxygen atoms in total. The highest BCUT2D eigenvalue weighted by atomic mass is 32.1. The van der Waals surface area contributed by atoms with Crippen LogP contribution in [-0.2, 0) is 13.0 Å². The van der Waals surface area contributed by atoms with Crippen LogP contribution in [-0.4, -0.2) is 18.3 Å². The largest absolute Gasteiger partial charge is 0.496 e. The fourth-order valence-electron chi connectivity index (χ4n) is 6.08. The summed E-state index contributed by atoms with van der Waals surface area (Å²) in [5, 5.41) is 0. The van der Waals surface area contributed by atoms with Gasteiger partial charge >= 0.3 is 0 Å². The predicted molar refractivity (Wildman–Crippen MR) is 174 cm³/mol. The molecule has 0 amide bonds. The second-order valence-electron chi connectivity index (χ2n) is 10.8. The maximum absolute atomic E-state index is 14.2. The lowest BCUT2D eigenvalue weighted by Gasteiger charge is -2.31. The van der Waals surface area contributed by atoms with Crippen molar-refractivity contribution in [1.29, 1.82) is 0 Å². The van der Waals surface area contributed by atoms with Crippen molar-refractivity contribution < 1.29 is 14.2 Å². The number of aromatic nitrogens is 1. The molecule has 4 aromatic carbocycles. The molecular weight excluding hydrogens is 568 g/mol. The van der Waals surface area contributed by atoms with E-state index >= 15 is 0 Å². The summed E-state index contributed by atoms with van der Waals surface area (Å²) in [6, 6.07) is 31.9. The van der Waals surface area contributed by atoms with Gasteiger partial charge in [0.05, 0.1) is 30.0 Å². The van der Waals surface area contributed by atoms with E-state index in [1.165, 1.54) is 16.9 Å². The maximum atomic E-state index is 14.2. The van der Waals surface area contributed by atoms with Gasteiger partial charge in [0.25, 0.3) is 5.56 Å². The second-order valence-corrected chi connectivity index (χ2v) is 11.8. The van der Waals surface area contributed by atoms with Crippen molar-refractivity contribution in [3.63, 3.8) is 0 Å². The first-order valence-electron chi connectivity index (χ1n) is 14.8. The Morgan fingerprint density at radius 2 is 1.68 bits per heavy atom. The maximum Gasteiger partial charge on any atom is 0.271 e. The number of allylic oxidation sites excluding steroid dienone is 1. The normalized spacial score (nSPS) is 15.6. The number of benzene rings is 4. The molecule has 0 saturated heterocycles. The van der Waals surface area contributed by atoms with Gasteiger partial charge in [0.2, 0.25) is 0 Å². The highest BCUT2D eigenvalue weighted by Gasteiger charge is 2.34. The average molecular weight is 601 g/mol. The lowest BCUT2D eigenvalue weighted by atomic mass is 9.83. The van der Waals surface area contributed by atoms with E-state index in [1.54, 1.807) is 7.11 Å². The van der Waals surface area contributed by atoms with Crippen molar-refractivity contribution in [3.8, 4) is 17.2 Å². The molecule has 7 rings (SSSR count). The third-order valence-corrected chi connectivity index (χ3v) is 9.09. The third kappa shape index (κ3) is 5.13. The molecule has 1 atom stereocenters. The van der Waals surface area contributed by atoms with E-state index < -0.39 is 0 Å². The van der Waals surface area contributed by atoms with Gasteiger partial charge < -0.3 is 14.2 Å². The van der Waals surface area contributed by atoms with Gasteiger partial charge in [-0.3, -0.25) is 9.36 Å². The smallest absolute Gasteiger partial charge is 0.271 e. The molecule has 7 heteroatoms. The van der Waals surface area contributed by atoms with Gasteiger partial charge in [-0.25, -0.2) is 4.99 Å². The Bertz CT molecular complexity index is 2060. The predicted octanol–water partition coefficient (Wildman–Crippen LogP) is 6.31. The van der Waals surface area contributed by atoms with Crippen LogP contribution in [0.5, 0.6) is 17.2 Å². The Hall–Kier alpha value is -4.88. The van der Waals surface area contributed by atoms with Gasteiger partial charge in [0, 0.05) is 11.1 Å². The zero-order valence-electron chi connectivity index (χ0n) is 24.7. The summed E-state index contributed by atoms with van der Waals surface area (Å²) < 4.78 is 20.3. The fraction of sp³-hybridized carbons (Fsp3) is 0.189. The van der Waals surface area contributed by atoms with Crippen molar-refractivity contribution in [3.05, 3.63) is 150 Å². The zero-order valence-corrected chi connectivity index (χ0v) is 25.5. The molecule has 2 heterocycles. The summed E-state index contributed by atoms with van der Waals surface area (Å²) in [5.74, 6) is 2.06. The van der Waals surface area contributed by atoms with Gasteiger partial charge in [0.15, 0.2) is 16.3 Å². The van der Waals surface area contributed by atoms with E-state index in [9.17, 15) is 4.79 Å². The van der Waals surface area contributed by atoms with Crippen LogP contribution < -0.4 is 29.1 Å². The summed E-state index contributed by atoms with van der Waals surface area (Å²) in [6.45, 7) is 2.89. The number of para-hydroxylation sites is 1. The molecule has 2 aliphatic rings. The van der Waals surface area contributed by atoms with Crippen LogP contribution in [0.25, 0.3) is 11.8 Å². The van der Waals surface area contributed by atoms with E-state index in [2.05, 4.69) is 30.3 Å². The molecule has 5 aromatic rings. The standard InChI is InChI=1S/C37H32N2O4S/c1-3-42-32-21-25(17-20-31(32)43-23-24-11-5-4-6-12-24)22-33-36(40)39-35(28-15-9-10-16-30(28)41-2)29-19-18-26-13-7-8-14-27(26)34(29)38-37(39)44-33/h4-17,20-22,35H,3,18-19,23H2,1-2H3/b33-22+/t35-/m1/s1. The minimum atomic E-state index is -0.305. The number of rotatable bonds is 8. The molecule has 0 bridgehead atoms. The molecule has 1 aliphatic carbocycles. The molecule has 44 heavy (non-hydrogen) atoms. The van der Waals surface area contributed by atoms with E-state index in [0.717, 1.165) is 52.1 Å². The molecule has 1 aromatic heterocycles. The number of methoxy groups -OCH3 is 1. The average Bonchev–Trinajstić information content (AvgIpc) is 3.37. The number of thiazole rings is 1. The molecule has 0 spiro atoms. The van der Waals surface area contributed by atoms with Gasteiger partial charge in [-0.1, -0.05) is 90.2 Å². The Labute approximate surface area is 259 Å².